The number of carbonyl (C=O) groups is 3. The fourth-order valence-electron chi connectivity index (χ4n) is 3.18. The van der Waals surface area contributed by atoms with Crippen molar-refractivity contribution in [3.05, 3.63) is 76.5 Å². The maximum atomic E-state index is 12.6. The van der Waals surface area contributed by atoms with Crippen LogP contribution < -0.4 is 0 Å². The Hall–Kier alpha value is -3.74. The molecule has 30 heavy (non-hydrogen) atoms. The minimum atomic E-state index is -0.724. The Morgan fingerprint density at radius 2 is 1.50 bits per heavy atom. The van der Waals surface area contributed by atoms with Gasteiger partial charge in [-0.25, -0.2) is 19.4 Å². The number of ether oxygens (including phenoxy) is 3. The van der Waals surface area contributed by atoms with Crippen LogP contribution in [0.2, 0.25) is 0 Å². The molecule has 3 aromatic rings. The number of fused-ring (bicyclic) bond motifs is 1. The van der Waals surface area contributed by atoms with Crippen molar-refractivity contribution in [2.75, 3.05) is 13.7 Å². The zero-order valence-electron chi connectivity index (χ0n) is 16.9. The summed E-state index contributed by atoms with van der Waals surface area (Å²) >= 11 is 0. The predicted molar refractivity (Wildman–Crippen MR) is 109 cm³/mol. The topological polar surface area (TPSA) is 91.8 Å². The molecule has 0 aliphatic rings. The molecule has 3 rings (SSSR count). The van der Waals surface area contributed by atoms with Crippen LogP contribution in [0.15, 0.2) is 48.5 Å². The van der Waals surface area contributed by atoms with E-state index in [1.165, 1.54) is 19.2 Å². The third-order valence-electron chi connectivity index (χ3n) is 4.60. The largest absolute Gasteiger partial charge is 0.465 e. The smallest absolute Gasteiger partial charge is 0.340 e. The van der Waals surface area contributed by atoms with Gasteiger partial charge in [0.15, 0.2) is 0 Å². The predicted octanol–water partition coefficient (Wildman–Crippen LogP) is 3.86. The van der Waals surface area contributed by atoms with Crippen molar-refractivity contribution in [3.8, 4) is 0 Å². The number of para-hydroxylation sites is 1. The molecule has 0 aliphatic heterocycles. The molecule has 0 saturated carbocycles. The molecule has 0 amide bonds. The summed E-state index contributed by atoms with van der Waals surface area (Å²) in [4.78, 5) is 41.6. The zero-order valence-corrected chi connectivity index (χ0v) is 16.9. The van der Waals surface area contributed by atoms with Crippen molar-refractivity contribution in [1.82, 2.24) is 4.98 Å². The summed E-state index contributed by atoms with van der Waals surface area (Å²) in [5, 5.41) is 0.812. The van der Waals surface area contributed by atoms with E-state index in [1.54, 1.807) is 26.0 Å². The Labute approximate surface area is 173 Å². The Morgan fingerprint density at radius 1 is 0.867 bits per heavy atom. The number of pyridine rings is 1. The van der Waals surface area contributed by atoms with E-state index >= 15 is 0 Å². The highest BCUT2D eigenvalue weighted by Gasteiger charge is 2.23. The summed E-state index contributed by atoms with van der Waals surface area (Å²) in [7, 11) is 1.23. The summed E-state index contributed by atoms with van der Waals surface area (Å²) in [6.45, 7) is 3.46. The van der Waals surface area contributed by atoms with Crippen molar-refractivity contribution in [3.63, 3.8) is 0 Å². The van der Waals surface area contributed by atoms with E-state index in [1.807, 2.05) is 24.3 Å². The number of rotatable bonds is 6. The molecule has 154 valence electrons. The van der Waals surface area contributed by atoms with Gasteiger partial charge in [-0.2, -0.15) is 0 Å². The van der Waals surface area contributed by atoms with E-state index in [0.29, 0.717) is 11.1 Å². The molecule has 0 N–H and O–H groups in total. The van der Waals surface area contributed by atoms with E-state index in [0.717, 1.165) is 5.39 Å². The second kappa shape index (κ2) is 9.17. The Morgan fingerprint density at radius 3 is 2.17 bits per heavy atom. The Kier molecular flexibility index (Phi) is 6.41. The first-order valence-corrected chi connectivity index (χ1v) is 9.37. The number of aryl methyl sites for hydroxylation is 1. The van der Waals surface area contributed by atoms with E-state index in [-0.39, 0.29) is 35.6 Å². The average molecular weight is 407 g/mol. The minimum absolute atomic E-state index is 0.0690. The lowest BCUT2D eigenvalue weighted by Crippen LogP contribution is -2.16. The van der Waals surface area contributed by atoms with E-state index in [9.17, 15) is 14.4 Å². The van der Waals surface area contributed by atoms with Crippen LogP contribution in [0.4, 0.5) is 0 Å². The zero-order chi connectivity index (χ0) is 21.7. The van der Waals surface area contributed by atoms with Crippen molar-refractivity contribution < 1.29 is 28.6 Å². The molecule has 1 aromatic heterocycles. The summed E-state index contributed by atoms with van der Waals surface area (Å²) < 4.78 is 15.3. The number of hydrogen-bond donors (Lipinski definition) is 0. The highest BCUT2D eigenvalue weighted by molar-refractivity contribution is 6.03. The van der Waals surface area contributed by atoms with Gasteiger partial charge in [-0.1, -0.05) is 30.3 Å². The van der Waals surface area contributed by atoms with E-state index in [4.69, 9.17) is 14.2 Å². The number of benzene rings is 2. The number of nitrogens with zero attached hydrogens (tertiary/aromatic N) is 1. The Bertz CT molecular complexity index is 1120. The maximum absolute atomic E-state index is 12.6. The first-order chi connectivity index (χ1) is 14.5. The van der Waals surface area contributed by atoms with E-state index < -0.39 is 17.9 Å². The molecule has 7 nitrogen and oxygen atoms in total. The van der Waals surface area contributed by atoms with Crippen LogP contribution in [-0.4, -0.2) is 36.6 Å². The first-order valence-electron chi connectivity index (χ1n) is 9.37. The van der Waals surface area contributed by atoms with Gasteiger partial charge in [0, 0.05) is 5.39 Å². The van der Waals surface area contributed by atoms with Crippen molar-refractivity contribution >= 4 is 28.8 Å². The Balaban J connectivity index is 1.96. The van der Waals surface area contributed by atoms with Crippen molar-refractivity contribution in [2.24, 2.45) is 0 Å². The average Bonchev–Trinajstić information content (AvgIpc) is 2.77. The standard InChI is InChI=1S/C23H21NO6/c1-4-29-23(27)20-14(2)15-9-7-8-12-18(15)24-19(20)13-30-22(26)17-11-6-5-10-16(17)21(25)28-3/h5-12H,4,13H2,1-3H3. The van der Waals surface area contributed by atoms with Gasteiger partial charge in [-0.05, 0) is 37.6 Å². The highest BCUT2D eigenvalue weighted by atomic mass is 16.5. The van der Waals surface area contributed by atoms with Gasteiger partial charge in [0.2, 0.25) is 0 Å². The number of esters is 3. The molecule has 7 heteroatoms. The fourth-order valence-corrected chi connectivity index (χ4v) is 3.18. The monoisotopic (exact) mass is 407 g/mol. The lowest BCUT2D eigenvalue weighted by atomic mass is 10.0. The number of hydrogen-bond acceptors (Lipinski definition) is 7. The molecule has 0 atom stereocenters. The van der Waals surface area contributed by atoms with Crippen LogP contribution in [0, 0.1) is 6.92 Å². The van der Waals surface area contributed by atoms with Crippen LogP contribution in [0.5, 0.6) is 0 Å². The van der Waals surface area contributed by atoms with Gasteiger partial charge < -0.3 is 14.2 Å². The maximum Gasteiger partial charge on any atom is 0.340 e. The third kappa shape index (κ3) is 4.15. The fraction of sp³-hybridized carbons (Fsp3) is 0.217. The molecule has 0 unspecified atom stereocenters. The van der Waals surface area contributed by atoms with Gasteiger partial charge in [-0.15, -0.1) is 0 Å². The van der Waals surface area contributed by atoms with Gasteiger partial charge in [-0.3, -0.25) is 0 Å². The molecule has 2 aromatic carbocycles. The number of methoxy groups -OCH3 is 1. The molecule has 0 bridgehead atoms. The molecule has 0 radical (unpaired) electrons. The van der Waals surface area contributed by atoms with Crippen LogP contribution in [0.1, 0.15) is 49.3 Å². The summed E-state index contributed by atoms with van der Waals surface area (Å²) in [6.07, 6.45) is 0. The summed E-state index contributed by atoms with van der Waals surface area (Å²) in [5.74, 6) is -1.90. The molecule has 0 fully saturated rings. The molecule has 1 heterocycles. The first kappa shape index (κ1) is 21.0. The highest BCUT2D eigenvalue weighted by Crippen LogP contribution is 2.25. The van der Waals surface area contributed by atoms with Gasteiger partial charge in [0.1, 0.15) is 6.61 Å². The summed E-state index contributed by atoms with van der Waals surface area (Å²) in [5.41, 5.74) is 2.08. The lowest BCUT2D eigenvalue weighted by Gasteiger charge is -2.14. The molecular formula is C23H21NO6. The van der Waals surface area contributed by atoms with Crippen LogP contribution in [-0.2, 0) is 20.8 Å². The molecule has 0 aliphatic carbocycles. The molecular weight excluding hydrogens is 386 g/mol. The SMILES string of the molecule is CCOC(=O)c1c(COC(=O)c2ccccc2C(=O)OC)nc2ccccc2c1C. The molecule has 0 spiro atoms. The normalized spacial score (nSPS) is 10.5. The number of aromatic nitrogens is 1. The quantitative estimate of drug-likeness (QED) is 0.452. The van der Waals surface area contributed by atoms with Crippen LogP contribution in [0.3, 0.4) is 0 Å². The van der Waals surface area contributed by atoms with Crippen molar-refractivity contribution in [2.45, 2.75) is 20.5 Å². The van der Waals surface area contributed by atoms with Gasteiger partial charge >= 0.3 is 17.9 Å². The van der Waals surface area contributed by atoms with Crippen molar-refractivity contribution in [1.29, 1.82) is 0 Å². The molecule has 0 saturated heterocycles. The number of carbonyl (C=O) groups excluding carboxylic acids is 3. The second-order valence-corrected chi connectivity index (χ2v) is 6.41. The van der Waals surface area contributed by atoms with E-state index in [2.05, 4.69) is 4.98 Å². The van der Waals surface area contributed by atoms with Crippen LogP contribution in [0.25, 0.3) is 10.9 Å². The second-order valence-electron chi connectivity index (χ2n) is 6.41. The van der Waals surface area contributed by atoms with Gasteiger partial charge in [0.25, 0.3) is 0 Å². The summed E-state index contributed by atoms with van der Waals surface area (Å²) in [6, 6.07) is 13.6. The van der Waals surface area contributed by atoms with Gasteiger partial charge in [0.05, 0.1) is 41.6 Å². The lowest BCUT2D eigenvalue weighted by molar-refractivity contribution is 0.0436. The third-order valence-corrected chi connectivity index (χ3v) is 4.60. The van der Waals surface area contributed by atoms with Crippen LogP contribution >= 0.6 is 0 Å². The minimum Gasteiger partial charge on any atom is -0.465 e.